The second kappa shape index (κ2) is 46.3. The van der Waals surface area contributed by atoms with Crippen molar-refractivity contribution in [2.24, 2.45) is 5.73 Å². The van der Waals surface area contributed by atoms with E-state index in [0.29, 0.717) is 13.0 Å². The van der Waals surface area contributed by atoms with Crippen LogP contribution in [0.1, 0.15) is 206 Å². The van der Waals surface area contributed by atoms with E-state index in [4.69, 9.17) is 24.3 Å². The van der Waals surface area contributed by atoms with Gasteiger partial charge in [-0.3, -0.25) is 13.8 Å². The lowest BCUT2D eigenvalue weighted by Crippen LogP contribution is -2.28. The highest BCUT2D eigenvalue weighted by Gasteiger charge is 2.25. The van der Waals surface area contributed by atoms with Crippen molar-refractivity contribution in [3.8, 4) is 0 Å². The predicted molar refractivity (Wildman–Crippen MR) is 247 cm³/mol. The zero-order valence-electron chi connectivity index (χ0n) is 37.5. The van der Waals surface area contributed by atoms with E-state index in [-0.39, 0.29) is 32.3 Å². The molecule has 0 bridgehead atoms. The standard InChI is InChI=1S/C49H90NO7P/c1-3-5-7-9-11-13-15-17-18-19-20-21-22-23-24-25-26-27-28-29-31-33-35-37-39-41-44-54-46-48(47-56-58(52,53)55-45-43-50)57-49(51)42-40-38-36-34-32-30-16-14-12-10-8-6-4-2/h5,7,11,13,17-18,20-21,23-24,48H,3-4,6,8-10,12,14-16,19,22,25-47,50H2,1-2H3,(H,52,53)/b7-5-,13-11-,18-17-,21-20-,24-23-. The minimum atomic E-state index is -4.28. The van der Waals surface area contributed by atoms with E-state index in [1.165, 1.54) is 122 Å². The number of rotatable bonds is 45. The lowest BCUT2D eigenvalue weighted by molar-refractivity contribution is -0.154. The Bertz CT molecular complexity index is 1070. The minimum Gasteiger partial charge on any atom is -0.457 e. The van der Waals surface area contributed by atoms with Gasteiger partial charge in [0.05, 0.1) is 19.8 Å². The SMILES string of the molecule is CC/C=C\C/C=C\C/C=C\C/C=C\C/C=C\CCCCCCCCCCCCOCC(COP(=O)(O)OCCN)OC(=O)CCCCCCCCCCCCCCC. The largest absolute Gasteiger partial charge is 0.472 e. The summed E-state index contributed by atoms with van der Waals surface area (Å²) in [5, 5.41) is 0. The third kappa shape index (κ3) is 45.3. The number of phosphoric acid groups is 1. The minimum absolute atomic E-state index is 0.0970. The van der Waals surface area contributed by atoms with Crippen LogP contribution < -0.4 is 5.73 Å². The van der Waals surface area contributed by atoms with E-state index in [1.807, 2.05) is 0 Å². The van der Waals surface area contributed by atoms with Crippen molar-refractivity contribution < 1.29 is 32.8 Å². The second-order valence-electron chi connectivity index (χ2n) is 15.6. The van der Waals surface area contributed by atoms with Gasteiger partial charge in [0.15, 0.2) is 0 Å². The van der Waals surface area contributed by atoms with Crippen LogP contribution in [0.2, 0.25) is 0 Å². The van der Waals surface area contributed by atoms with Crippen LogP contribution in [0, 0.1) is 0 Å². The smallest absolute Gasteiger partial charge is 0.457 e. The van der Waals surface area contributed by atoms with Crippen LogP contribution in [-0.2, 0) is 27.9 Å². The Morgan fingerprint density at radius 3 is 1.45 bits per heavy atom. The summed E-state index contributed by atoms with van der Waals surface area (Å²) in [5.74, 6) is -0.332. The molecule has 0 aliphatic rings. The molecule has 338 valence electrons. The summed E-state index contributed by atoms with van der Waals surface area (Å²) in [5.41, 5.74) is 5.38. The van der Waals surface area contributed by atoms with Gasteiger partial charge >= 0.3 is 13.8 Å². The Morgan fingerprint density at radius 2 is 0.966 bits per heavy atom. The van der Waals surface area contributed by atoms with Gasteiger partial charge < -0.3 is 20.1 Å². The molecule has 3 N–H and O–H groups in total. The van der Waals surface area contributed by atoms with Gasteiger partial charge in [0.2, 0.25) is 0 Å². The summed E-state index contributed by atoms with van der Waals surface area (Å²) in [6.45, 7) is 4.81. The predicted octanol–water partition coefficient (Wildman–Crippen LogP) is 14.5. The van der Waals surface area contributed by atoms with Crippen LogP contribution in [-0.4, -0.2) is 49.9 Å². The van der Waals surface area contributed by atoms with Crippen molar-refractivity contribution >= 4 is 13.8 Å². The van der Waals surface area contributed by atoms with Crippen molar-refractivity contribution in [3.63, 3.8) is 0 Å². The summed E-state index contributed by atoms with van der Waals surface area (Å²) >= 11 is 0. The fourth-order valence-corrected chi connectivity index (χ4v) is 7.26. The Kier molecular flexibility index (Phi) is 44.8. The van der Waals surface area contributed by atoms with E-state index < -0.39 is 13.9 Å². The monoisotopic (exact) mass is 836 g/mol. The maximum Gasteiger partial charge on any atom is 0.472 e. The average Bonchev–Trinajstić information content (AvgIpc) is 3.21. The van der Waals surface area contributed by atoms with Crippen molar-refractivity contribution in [2.75, 3.05) is 33.0 Å². The van der Waals surface area contributed by atoms with Gasteiger partial charge in [-0.2, -0.15) is 0 Å². The van der Waals surface area contributed by atoms with Gasteiger partial charge in [0, 0.05) is 19.6 Å². The van der Waals surface area contributed by atoms with Crippen LogP contribution in [0.3, 0.4) is 0 Å². The molecule has 0 rings (SSSR count). The molecule has 0 fully saturated rings. The number of allylic oxidation sites excluding steroid dienone is 10. The summed E-state index contributed by atoms with van der Waals surface area (Å²) in [7, 11) is -4.28. The molecule has 9 heteroatoms. The fourth-order valence-electron chi connectivity index (χ4n) is 6.49. The molecule has 2 unspecified atom stereocenters. The van der Waals surface area contributed by atoms with Gasteiger partial charge in [-0.15, -0.1) is 0 Å². The average molecular weight is 836 g/mol. The van der Waals surface area contributed by atoms with Gasteiger partial charge in [-0.25, -0.2) is 4.57 Å². The summed E-state index contributed by atoms with van der Waals surface area (Å²) < 4.78 is 33.5. The van der Waals surface area contributed by atoms with Crippen molar-refractivity contribution in [3.05, 3.63) is 60.8 Å². The molecule has 0 aromatic heterocycles. The molecule has 58 heavy (non-hydrogen) atoms. The van der Waals surface area contributed by atoms with Crippen molar-refractivity contribution in [2.45, 2.75) is 213 Å². The third-order valence-corrected chi connectivity index (χ3v) is 10.9. The lowest BCUT2D eigenvalue weighted by Gasteiger charge is -2.20. The van der Waals surface area contributed by atoms with Crippen LogP contribution >= 0.6 is 7.82 Å². The molecular weight excluding hydrogens is 746 g/mol. The number of ether oxygens (including phenoxy) is 2. The summed E-state index contributed by atoms with van der Waals surface area (Å²) in [6.07, 6.45) is 56.7. The van der Waals surface area contributed by atoms with Crippen molar-refractivity contribution in [1.82, 2.24) is 0 Å². The Hall–Kier alpha value is -1.80. The maximum atomic E-state index is 12.6. The molecule has 2 atom stereocenters. The number of phosphoric ester groups is 1. The van der Waals surface area contributed by atoms with Gasteiger partial charge in [-0.1, -0.05) is 203 Å². The summed E-state index contributed by atoms with van der Waals surface area (Å²) in [4.78, 5) is 22.5. The first-order chi connectivity index (χ1) is 28.4. The quantitative estimate of drug-likeness (QED) is 0.0269. The molecule has 0 radical (unpaired) electrons. The second-order valence-corrected chi connectivity index (χ2v) is 17.1. The van der Waals surface area contributed by atoms with E-state index in [9.17, 15) is 14.3 Å². The van der Waals surface area contributed by atoms with E-state index >= 15 is 0 Å². The number of hydrogen-bond acceptors (Lipinski definition) is 7. The van der Waals surface area contributed by atoms with Gasteiger partial charge in [-0.05, 0) is 57.8 Å². The number of hydrogen-bond donors (Lipinski definition) is 2. The topological polar surface area (TPSA) is 117 Å². The van der Waals surface area contributed by atoms with Crippen LogP contribution in [0.25, 0.3) is 0 Å². The first kappa shape index (κ1) is 56.2. The molecule has 0 saturated heterocycles. The molecule has 0 spiro atoms. The Morgan fingerprint density at radius 1 is 0.534 bits per heavy atom. The normalized spacial score (nSPS) is 13.9. The number of carbonyl (C=O) groups is 1. The first-order valence-electron chi connectivity index (χ1n) is 23.8. The lowest BCUT2D eigenvalue weighted by atomic mass is 10.0. The number of esters is 1. The first-order valence-corrected chi connectivity index (χ1v) is 25.3. The highest BCUT2D eigenvalue weighted by atomic mass is 31.2. The zero-order valence-corrected chi connectivity index (χ0v) is 38.4. The maximum absolute atomic E-state index is 12.6. The molecule has 0 saturated carbocycles. The van der Waals surface area contributed by atoms with E-state index in [2.05, 4.69) is 74.6 Å². The van der Waals surface area contributed by atoms with Crippen LogP contribution in [0.4, 0.5) is 0 Å². The molecule has 0 aliphatic heterocycles. The Labute approximate surface area is 357 Å². The molecule has 0 aliphatic carbocycles. The summed E-state index contributed by atoms with van der Waals surface area (Å²) in [6, 6.07) is 0. The third-order valence-electron chi connectivity index (χ3n) is 9.95. The fraction of sp³-hybridized carbons (Fsp3) is 0.776. The van der Waals surface area contributed by atoms with Crippen LogP contribution in [0.5, 0.6) is 0 Å². The van der Waals surface area contributed by atoms with E-state index in [0.717, 1.165) is 64.2 Å². The number of unbranched alkanes of at least 4 members (excludes halogenated alkanes) is 22. The zero-order chi connectivity index (χ0) is 42.3. The number of nitrogens with two attached hydrogens (primary N) is 1. The highest BCUT2D eigenvalue weighted by Crippen LogP contribution is 2.43. The molecule has 0 heterocycles. The molecule has 8 nitrogen and oxygen atoms in total. The highest BCUT2D eigenvalue weighted by molar-refractivity contribution is 7.47. The molecular formula is C49H90NO7P. The van der Waals surface area contributed by atoms with E-state index in [1.54, 1.807) is 0 Å². The Balaban J connectivity index is 3.93. The van der Waals surface area contributed by atoms with Crippen molar-refractivity contribution in [1.29, 1.82) is 0 Å². The molecule has 0 aromatic carbocycles. The number of carbonyl (C=O) groups excluding carboxylic acids is 1. The molecule has 0 amide bonds. The van der Waals surface area contributed by atoms with Gasteiger partial charge in [0.1, 0.15) is 6.10 Å². The molecule has 0 aromatic rings. The van der Waals surface area contributed by atoms with Gasteiger partial charge in [0.25, 0.3) is 0 Å². The van der Waals surface area contributed by atoms with Crippen LogP contribution in [0.15, 0.2) is 60.8 Å².